The Balaban J connectivity index is 2.09. The van der Waals surface area contributed by atoms with Gasteiger partial charge in [0.05, 0.1) is 0 Å². The maximum Gasteiger partial charge on any atom is 0.0366 e. The van der Waals surface area contributed by atoms with Crippen molar-refractivity contribution in [3.05, 3.63) is 29.8 Å². The first-order valence-electron chi connectivity index (χ1n) is 7.12. The van der Waals surface area contributed by atoms with Crippen molar-refractivity contribution in [3.63, 3.8) is 0 Å². The van der Waals surface area contributed by atoms with Gasteiger partial charge in [-0.3, -0.25) is 0 Å². The van der Waals surface area contributed by atoms with Crippen molar-refractivity contribution in [1.82, 2.24) is 0 Å². The molecule has 0 amide bonds. The van der Waals surface area contributed by atoms with E-state index in [0.717, 1.165) is 13.0 Å². The summed E-state index contributed by atoms with van der Waals surface area (Å²) in [5.74, 6) is 0. The van der Waals surface area contributed by atoms with Crippen LogP contribution in [0.1, 0.15) is 51.6 Å². The topological polar surface area (TPSA) is 29.3 Å². The number of piperidine rings is 1. The molecule has 100 valence electrons. The summed E-state index contributed by atoms with van der Waals surface area (Å²) in [5, 5.41) is 0. The fraction of sp³-hybridized carbons (Fsp3) is 0.625. The van der Waals surface area contributed by atoms with Crippen molar-refractivity contribution in [2.24, 2.45) is 11.1 Å². The lowest BCUT2D eigenvalue weighted by Crippen LogP contribution is -2.40. The van der Waals surface area contributed by atoms with Gasteiger partial charge in [-0.15, -0.1) is 0 Å². The molecule has 0 radical (unpaired) electrons. The van der Waals surface area contributed by atoms with Crippen LogP contribution in [0.5, 0.6) is 0 Å². The van der Waals surface area contributed by atoms with Gasteiger partial charge in [-0.25, -0.2) is 0 Å². The number of nitrogens with zero attached hydrogens (tertiary/aromatic N) is 1. The SMILES string of the molecule is CC[C@H](N)c1ccc(N2CCCC(C)(C)C2)cc1. The Kier molecular flexibility index (Phi) is 3.96. The van der Waals surface area contributed by atoms with Gasteiger partial charge in [0.25, 0.3) is 0 Å². The maximum atomic E-state index is 6.05. The molecule has 0 bridgehead atoms. The fourth-order valence-electron chi connectivity index (χ4n) is 2.81. The molecular formula is C16H26N2. The van der Waals surface area contributed by atoms with Crippen LogP contribution in [0, 0.1) is 5.41 Å². The monoisotopic (exact) mass is 246 g/mol. The third-order valence-electron chi connectivity index (χ3n) is 4.03. The zero-order valence-electron chi connectivity index (χ0n) is 11.9. The van der Waals surface area contributed by atoms with Crippen LogP contribution in [0.4, 0.5) is 5.69 Å². The summed E-state index contributed by atoms with van der Waals surface area (Å²) < 4.78 is 0. The zero-order chi connectivity index (χ0) is 13.2. The lowest BCUT2D eigenvalue weighted by molar-refractivity contribution is 0.293. The van der Waals surface area contributed by atoms with E-state index in [-0.39, 0.29) is 6.04 Å². The van der Waals surface area contributed by atoms with Crippen LogP contribution < -0.4 is 10.6 Å². The van der Waals surface area contributed by atoms with E-state index < -0.39 is 0 Å². The third kappa shape index (κ3) is 3.05. The summed E-state index contributed by atoms with van der Waals surface area (Å²) in [6.45, 7) is 9.20. The number of anilines is 1. The van der Waals surface area contributed by atoms with E-state index in [1.807, 2.05) is 0 Å². The average molecular weight is 246 g/mol. The Hall–Kier alpha value is -1.02. The van der Waals surface area contributed by atoms with E-state index in [9.17, 15) is 0 Å². The lowest BCUT2D eigenvalue weighted by Gasteiger charge is -2.39. The molecule has 1 aliphatic heterocycles. The summed E-state index contributed by atoms with van der Waals surface area (Å²) in [4.78, 5) is 2.50. The van der Waals surface area contributed by atoms with Gasteiger partial charge in [-0.2, -0.15) is 0 Å². The molecule has 0 spiro atoms. The summed E-state index contributed by atoms with van der Waals surface area (Å²) in [6, 6.07) is 9.01. The molecule has 2 N–H and O–H groups in total. The molecule has 2 heteroatoms. The Morgan fingerprint density at radius 3 is 2.50 bits per heavy atom. The van der Waals surface area contributed by atoms with Gasteiger partial charge >= 0.3 is 0 Å². The molecule has 0 saturated carbocycles. The van der Waals surface area contributed by atoms with Gasteiger partial charge in [0.15, 0.2) is 0 Å². The normalized spacial score (nSPS) is 20.8. The first-order valence-corrected chi connectivity index (χ1v) is 7.12. The first-order chi connectivity index (χ1) is 8.52. The second kappa shape index (κ2) is 5.31. The Morgan fingerprint density at radius 1 is 1.28 bits per heavy atom. The smallest absolute Gasteiger partial charge is 0.0366 e. The second-order valence-corrected chi connectivity index (χ2v) is 6.30. The van der Waals surface area contributed by atoms with Crippen LogP contribution >= 0.6 is 0 Å². The second-order valence-electron chi connectivity index (χ2n) is 6.30. The molecule has 1 aliphatic rings. The zero-order valence-corrected chi connectivity index (χ0v) is 11.9. The van der Waals surface area contributed by atoms with Crippen LogP contribution in [0.15, 0.2) is 24.3 Å². The van der Waals surface area contributed by atoms with Crippen LogP contribution in [-0.4, -0.2) is 13.1 Å². The van der Waals surface area contributed by atoms with Crippen molar-refractivity contribution in [1.29, 1.82) is 0 Å². The Bertz CT molecular complexity index is 381. The molecule has 2 nitrogen and oxygen atoms in total. The molecule has 1 fully saturated rings. The molecule has 0 unspecified atom stereocenters. The van der Waals surface area contributed by atoms with Crippen LogP contribution in [-0.2, 0) is 0 Å². The van der Waals surface area contributed by atoms with Gasteiger partial charge in [0, 0.05) is 24.8 Å². The average Bonchev–Trinajstić information content (AvgIpc) is 2.37. The lowest BCUT2D eigenvalue weighted by atomic mass is 9.84. The molecule has 1 aromatic carbocycles. The number of benzene rings is 1. The predicted molar refractivity (Wildman–Crippen MR) is 78.9 cm³/mol. The van der Waals surface area contributed by atoms with E-state index in [1.165, 1.54) is 30.6 Å². The molecule has 1 saturated heterocycles. The molecule has 0 aliphatic carbocycles. The summed E-state index contributed by atoms with van der Waals surface area (Å²) in [5.41, 5.74) is 9.08. The molecular weight excluding hydrogens is 220 g/mol. The highest BCUT2D eigenvalue weighted by atomic mass is 15.1. The van der Waals surface area contributed by atoms with E-state index in [0.29, 0.717) is 5.41 Å². The number of rotatable bonds is 3. The minimum absolute atomic E-state index is 0.178. The molecule has 1 heterocycles. The van der Waals surface area contributed by atoms with Crippen LogP contribution in [0.2, 0.25) is 0 Å². The maximum absolute atomic E-state index is 6.05. The quantitative estimate of drug-likeness (QED) is 0.880. The number of nitrogens with two attached hydrogens (primary N) is 1. The van der Waals surface area contributed by atoms with Crippen molar-refractivity contribution >= 4 is 5.69 Å². The van der Waals surface area contributed by atoms with E-state index in [1.54, 1.807) is 0 Å². The highest BCUT2D eigenvalue weighted by Crippen LogP contribution is 2.31. The Labute approximate surface area is 111 Å². The van der Waals surface area contributed by atoms with Crippen molar-refractivity contribution in [2.45, 2.75) is 46.1 Å². The van der Waals surface area contributed by atoms with Crippen molar-refractivity contribution in [2.75, 3.05) is 18.0 Å². The van der Waals surface area contributed by atoms with Gasteiger partial charge in [-0.05, 0) is 42.4 Å². The van der Waals surface area contributed by atoms with Crippen molar-refractivity contribution < 1.29 is 0 Å². The minimum Gasteiger partial charge on any atom is -0.371 e. The van der Waals surface area contributed by atoms with Crippen LogP contribution in [0.25, 0.3) is 0 Å². The molecule has 1 atom stereocenters. The van der Waals surface area contributed by atoms with E-state index in [4.69, 9.17) is 5.73 Å². The highest BCUT2D eigenvalue weighted by Gasteiger charge is 2.26. The van der Waals surface area contributed by atoms with E-state index >= 15 is 0 Å². The van der Waals surface area contributed by atoms with Gasteiger partial charge in [0.2, 0.25) is 0 Å². The third-order valence-corrected chi connectivity index (χ3v) is 4.03. The van der Waals surface area contributed by atoms with Gasteiger partial charge < -0.3 is 10.6 Å². The largest absolute Gasteiger partial charge is 0.371 e. The minimum atomic E-state index is 0.178. The fourth-order valence-corrected chi connectivity index (χ4v) is 2.81. The van der Waals surface area contributed by atoms with Crippen LogP contribution in [0.3, 0.4) is 0 Å². The Morgan fingerprint density at radius 2 is 1.94 bits per heavy atom. The molecule has 2 rings (SSSR count). The summed E-state index contributed by atoms with van der Waals surface area (Å²) >= 11 is 0. The molecule has 18 heavy (non-hydrogen) atoms. The van der Waals surface area contributed by atoms with E-state index in [2.05, 4.69) is 49.9 Å². The first kappa shape index (κ1) is 13.4. The standard InChI is InChI=1S/C16H26N2/c1-4-15(17)13-6-8-14(9-7-13)18-11-5-10-16(2,3)12-18/h6-9,15H,4-5,10-12,17H2,1-3H3/t15-/m0/s1. The highest BCUT2D eigenvalue weighted by molar-refractivity contribution is 5.48. The summed E-state index contributed by atoms with van der Waals surface area (Å²) in [6.07, 6.45) is 3.63. The number of hydrogen-bond donors (Lipinski definition) is 1. The molecule has 1 aromatic rings. The number of hydrogen-bond acceptors (Lipinski definition) is 2. The predicted octanol–water partition coefficient (Wildman–Crippen LogP) is 3.72. The van der Waals surface area contributed by atoms with Gasteiger partial charge in [0.1, 0.15) is 0 Å². The summed E-state index contributed by atoms with van der Waals surface area (Å²) in [7, 11) is 0. The molecule has 0 aromatic heterocycles. The van der Waals surface area contributed by atoms with Crippen molar-refractivity contribution in [3.8, 4) is 0 Å². The van der Waals surface area contributed by atoms with Gasteiger partial charge in [-0.1, -0.05) is 32.9 Å².